The first-order valence-corrected chi connectivity index (χ1v) is 4.38. The van der Waals surface area contributed by atoms with E-state index in [9.17, 15) is 9.59 Å². The summed E-state index contributed by atoms with van der Waals surface area (Å²) in [4.78, 5) is 21.3. The Morgan fingerprint density at radius 3 is 2.40 bits per heavy atom. The number of ether oxygens (including phenoxy) is 1. The van der Waals surface area contributed by atoms with Crippen molar-refractivity contribution in [2.75, 3.05) is 6.61 Å². The largest absolute Gasteiger partial charge is 0.492 e. The molecular formula is C11H9NO3. The van der Waals surface area contributed by atoms with E-state index in [1.165, 1.54) is 12.1 Å². The van der Waals surface area contributed by atoms with E-state index in [0.29, 0.717) is 19.2 Å². The molecule has 0 radical (unpaired) electrons. The van der Waals surface area contributed by atoms with Crippen LogP contribution in [-0.2, 0) is 0 Å². The first-order valence-electron chi connectivity index (χ1n) is 4.38. The molecule has 0 aromatic heterocycles. The van der Waals surface area contributed by atoms with Gasteiger partial charge in [0.1, 0.15) is 17.4 Å². The van der Waals surface area contributed by atoms with Crippen molar-refractivity contribution in [1.82, 2.24) is 0 Å². The summed E-state index contributed by atoms with van der Waals surface area (Å²) in [5, 5.41) is 8.87. The maximum atomic E-state index is 10.7. The Morgan fingerprint density at radius 1 is 1.33 bits per heavy atom. The van der Waals surface area contributed by atoms with Gasteiger partial charge in [0.15, 0.2) is 12.6 Å². The molecule has 0 N–H and O–H groups in total. The van der Waals surface area contributed by atoms with Gasteiger partial charge in [-0.15, -0.1) is 0 Å². The van der Waals surface area contributed by atoms with E-state index >= 15 is 0 Å². The lowest BCUT2D eigenvalue weighted by Gasteiger charge is -2.08. The van der Waals surface area contributed by atoms with E-state index in [2.05, 4.69) is 0 Å². The van der Waals surface area contributed by atoms with Crippen LogP contribution in [0.15, 0.2) is 12.1 Å². The lowest BCUT2D eigenvalue weighted by molar-refractivity contribution is 0.110. The summed E-state index contributed by atoms with van der Waals surface area (Å²) in [5.41, 5.74) is 0.613. The van der Waals surface area contributed by atoms with Gasteiger partial charge in [-0.3, -0.25) is 9.59 Å². The van der Waals surface area contributed by atoms with Crippen LogP contribution < -0.4 is 4.74 Å². The third-order valence-electron chi connectivity index (χ3n) is 1.87. The first kappa shape index (κ1) is 10.9. The Bertz CT molecular complexity index is 432. The van der Waals surface area contributed by atoms with Crippen molar-refractivity contribution in [3.63, 3.8) is 0 Å². The van der Waals surface area contributed by atoms with Crippen LogP contribution in [0.2, 0.25) is 0 Å². The number of carbonyl (C=O) groups is 2. The minimum absolute atomic E-state index is 0.108. The molecular weight excluding hydrogens is 194 g/mol. The molecule has 1 aromatic rings. The van der Waals surface area contributed by atoms with Crippen LogP contribution in [0.4, 0.5) is 0 Å². The van der Waals surface area contributed by atoms with Gasteiger partial charge < -0.3 is 4.74 Å². The quantitative estimate of drug-likeness (QED) is 0.697. The number of rotatable bonds is 4. The van der Waals surface area contributed by atoms with Gasteiger partial charge in [-0.25, -0.2) is 0 Å². The van der Waals surface area contributed by atoms with E-state index in [1.807, 2.05) is 6.07 Å². The van der Waals surface area contributed by atoms with Crippen LogP contribution in [0, 0.1) is 11.3 Å². The first-order chi connectivity index (χ1) is 7.28. The third-order valence-corrected chi connectivity index (χ3v) is 1.87. The minimum Gasteiger partial charge on any atom is -0.492 e. The zero-order chi connectivity index (χ0) is 11.3. The summed E-state index contributed by atoms with van der Waals surface area (Å²) in [6.45, 7) is 2.07. The van der Waals surface area contributed by atoms with Crippen LogP contribution in [0.1, 0.15) is 33.2 Å². The molecule has 0 heterocycles. The van der Waals surface area contributed by atoms with Gasteiger partial charge >= 0.3 is 0 Å². The molecule has 0 aliphatic carbocycles. The average Bonchev–Trinajstić information content (AvgIpc) is 2.28. The summed E-state index contributed by atoms with van der Waals surface area (Å²) < 4.78 is 5.18. The van der Waals surface area contributed by atoms with E-state index in [0.717, 1.165) is 0 Å². The molecule has 0 spiro atoms. The number of benzene rings is 1. The van der Waals surface area contributed by atoms with Crippen LogP contribution in [-0.4, -0.2) is 19.2 Å². The number of nitriles is 1. The SMILES string of the molecule is CCOc1c(C=O)ccc(C=O)c1C#N. The molecule has 15 heavy (non-hydrogen) atoms. The van der Waals surface area contributed by atoms with Crippen molar-refractivity contribution >= 4 is 12.6 Å². The predicted molar refractivity (Wildman–Crippen MR) is 53.1 cm³/mol. The Kier molecular flexibility index (Phi) is 3.58. The van der Waals surface area contributed by atoms with Crippen molar-refractivity contribution in [1.29, 1.82) is 5.26 Å². The van der Waals surface area contributed by atoms with Gasteiger partial charge in [-0.1, -0.05) is 0 Å². The fourth-order valence-electron chi connectivity index (χ4n) is 1.22. The fourth-order valence-corrected chi connectivity index (χ4v) is 1.22. The molecule has 0 saturated heterocycles. The van der Waals surface area contributed by atoms with Crippen molar-refractivity contribution < 1.29 is 14.3 Å². The van der Waals surface area contributed by atoms with Crippen molar-refractivity contribution in [2.45, 2.75) is 6.92 Å². The van der Waals surface area contributed by atoms with Crippen molar-refractivity contribution in [3.8, 4) is 11.8 Å². The second-order valence-corrected chi connectivity index (χ2v) is 2.73. The molecule has 0 amide bonds. The number of aldehydes is 2. The standard InChI is InChI=1S/C11H9NO3/c1-2-15-11-9(7-14)4-3-8(6-13)10(11)5-12/h3-4,6-7H,2H2,1H3. The molecule has 76 valence electrons. The lowest BCUT2D eigenvalue weighted by atomic mass is 10.0. The summed E-state index contributed by atoms with van der Waals surface area (Å²) in [6, 6.07) is 4.75. The summed E-state index contributed by atoms with van der Waals surface area (Å²) >= 11 is 0. The van der Waals surface area contributed by atoms with E-state index < -0.39 is 0 Å². The number of hydrogen-bond acceptors (Lipinski definition) is 4. The van der Waals surface area contributed by atoms with E-state index in [4.69, 9.17) is 10.00 Å². The Balaban J connectivity index is 3.45. The average molecular weight is 203 g/mol. The highest BCUT2D eigenvalue weighted by atomic mass is 16.5. The van der Waals surface area contributed by atoms with Crippen molar-refractivity contribution in [2.24, 2.45) is 0 Å². The molecule has 0 aliphatic heterocycles. The molecule has 0 atom stereocenters. The number of nitrogens with zero attached hydrogens (tertiary/aromatic N) is 1. The molecule has 0 bridgehead atoms. The minimum atomic E-state index is 0.108. The zero-order valence-electron chi connectivity index (χ0n) is 8.19. The third kappa shape index (κ3) is 2.02. The molecule has 1 rings (SSSR count). The van der Waals surface area contributed by atoms with Gasteiger partial charge in [-0.2, -0.15) is 5.26 Å². The van der Waals surface area contributed by atoms with E-state index in [-0.39, 0.29) is 22.4 Å². The lowest BCUT2D eigenvalue weighted by Crippen LogP contribution is -2.01. The summed E-state index contributed by atoms with van der Waals surface area (Å²) in [5.74, 6) is 0.180. The molecule has 4 nitrogen and oxygen atoms in total. The van der Waals surface area contributed by atoms with Crippen LogP contribution >= 0.6 is 0 Å². The number of hydrogen-bond donors (Lipinski definition) is 0. The van der Waals surface area contributed by atoms with Gasteiger partial charge in [0.2, 0.25) is 0 Å². The van der Waals surface area contributed by atoms with Gasteiger partial charge in [0.25, 0.3) is 0 Å². The van der Waals surface area contributed by atoms with Gasteiger partial charge in [0, 0.05) is 5.56 Å². The Hall–Kier alpha value is -2.15. The Morgan fingerprint density at radius 2 is 1.93 bits per heavy atom. The zero-order valence-corrected chi connectivity index (χ0v) is 8.19. The fraction of sp³-hybridized carbons (Fsp3) is 0.182. The maximum Gasteiger partial charge on any atom is 0.153 e. The molecule has 1 aromatic carbocycles. The molecule has 4 heteroatoms. The smallest absolute Gasteiger partial charge is 0.153 e. The predicted octanol–water partition coefficient (Wildman–Crippen LogP) is 1.58. The second-order valence-electron chi connectivity index (χ2n) is 2.73. The molecule has 0 aliphatic rings. The monoisotopic (exact) mass is 203 g/mol. The second kappa shape index (κ2) is 4.91. The summed E-state index contributed by atoms with van der Waals surface area (Å²) in [6.07, 6.45) is 1.16. The highest BCUT2D eigenvalue weighted by molar-refractivity contribution is 5.87. The van der Waals surface area contributed by atoms with Gasteiger partial charge in [-0.05, 0) is 19.1 Å². The summed E-state index contributed by atoms with van der Waals surface area (Å²) in [7, 11) is 0. The van der Waals surface area contributed by atoms with E-state index in [1.54, 1.807) is 6.92 Å². The Labute approximate surface area is 87.1 Å². The topological polar surface area (TPSA) is 67.2 Å². The van der Waals surface area contributed by atoms with Gasteiger partial charge in [0.05, 0.1) is 12.2 Å². The normalized spacial score (nSPS) is 9.07. The molecule has 0 saturated carbocycles. The molecule has 0 unspecified atom stereocenters. The number of carbonyl (C=O) groups excluding carboxylic acids is 2. The highest BCUT2D eigenvalue weighted by Crippen LogP contribution is 2.24. The van der Waals surface area contributed by atoms with Crippen LogP contribution in [0.25, 0.3) is 0 Å². The highest BCUT2D eigenvalue weighted by Gasteiger charge is 2.13. The van der Waals surface area contributed by atoms with Crippen LogP contribution in [0.5, 0.6) is 5.75 Å². The maximum absolute atomic E-state index is 10.7. The molecule has 0 fully saturated rings. The van der Waals surface area contributed by atoms with Crippen molar-refractivity contribution in [3.05, 3.63) is 28.8 Å². The van der Waals surface area contributed by atoms with Crippen LogP contribution in [0.3, 0.4) is 0 Å².